The van der Waals surface area contributed by atoms with Gasteiger partial charge in [-0.05, 0) is 35.8 Å². The molecular formula is C24H26N2O5. The monoisotopic (exact) mass is 422 g/mol. The molecule has 4 rings (SSSR count). The molecule has 0 spiro atoms. The molecule has 2 aromatic rings. The highest BCUT2D eigenvalue weighted by molar-refractivity contribution is 6.12. The van der Waals surface area contributed by atoms with E-state index in [2.05, 4.69) is 12.2 Å². The van der Waals surface area contributed by atoms with E-state index in [1.807, 2.05) is 24.3 Å². The average molecular weight is 422 g/mol. The summed E-state index contributed by atoms with van der Waals surface area (Å²) in [6.45, 7) is 2.62. The van der Waals surface area contributed by atoms with E-state index in [9.17, 15) is 9.59 Å². The third-order valence-corrected chi connectivity index (χ3v) is 5.59. The lowest BCUT2D eigenvalue weighted by atomic mass is 10.0. The topological polar surface area (TPSA) is 77.1 Å². The molecular weight excluding hydrogens is 396 g/mol. The van der Waals surface area contributed by atoms with Crippen LogP contribution in [-0.2, 0) is 4.79 Å². The number of rotatable bonds is 7. The molecule has 2 amide bonds. The Morgan fingerprint density at radius 2 is 1.84 bits per heavy atom. The smallest absolute Gasteiger partial charge is 0.260 e. The van der Waals surface area contributed by atoms with Crippen molar-refractivity contribution in [1.29, 1.82) is 0 Å². The predicted octanol–water partition coefficient (Wildman–Crippen LogP) is 4.09. The van der Waals surface area contributed by atoms with Crippen LogP contribution in [0.1, 0.15) is 42.1 Å². The van der Waals surface area contributed by atoms with Gasteiger partial charge in [0.25, 0.3) is 5.91 Å². The van der Waals surface area contributed by atoms with Crippen molar-refractivity contribution >= 4 is 23.1 Å². The van der Waals surface area contributed by atoms with E-state index in [1.54, 1.807) is 25.4 Å². The van der Waals surface area contributed by atoms with Crippen molar-refractivity contribution < 1.29 is 23.8 Å². The van der Waals surface area contributed by atoms with Gasteiger partial charge in [-0.2, -0.15) is 0 Å². The normalized spacial score (nSPS) is 17.3. The van der Waals surface area contributed by atoms with Crippen LogP contribution in [0.3, 0.4) is 0 Å². The standard InChI is InChI=1S/C24H26N2O5/c1-4-5-10-31-22-13-19-18(12-21(22)30-3)24(28)26-14-16(11-20(26)23(27)25-19)15-6-8-17(29-2)9-7-15/h6-9,12-14,20H,4-5,10-11H2,1-3H3,(H,25,27)/t20-/m0/s1. The molecule has 1 atom stereocenters. The van der Waals surface area contributed by atoms with Crippen molar-refractivity contribution in [3.8, 4) is 17.2 Å². The molecule has 162 valence electrons. The first-order chi connectivity index (χ1) is 15.0. The SMILES string of the molecule is CCCCOc1cc2c(cc1OC)C(=O)N1C=C(c3ccc(OC)cc3)C[C@H]1C(=O)N2. The maximum absolute atomic E-state index is 13.4. The summed E-state index contributed by atoms with van der Waals surface area (Å²) in [4.78, 5) is 27.8. The summed E-state index contributed by atoms with van der Waals surface area (Å²) in [5, 5.41) is 2.91. The van der Waals surface area contributed by atoms with Crippen molar-refractivity contribution in [2.24, 2.45) is 0 Å². The second-order valence-corrected chi connectivity index (χ2v) is 7.56. The maximum Gasteiger partial charge on any atom is 0.260 e. The van der Waals surface area contributed by atoms with Crippen molar-refractivity contribution in [3.63, 3.8) is 0 Å². The minimum atomic E-state index is -0.604. The second-order valence-electron chi connectivity index (χ2n) is 7.56. The molecule has 2 aliphatic heterocycles. The average Bonchev–Trinajstić information content (AvgIpc) is 3.21. The number of anilines is 1. The van der Waals surface area contributed by atoms with Gasteiger partial charge in [0.05, 0.1) is 32.1 Å². The van der Waals surface area contributed by atoms with Gasteiger partial charge in [-0.25, -0.2) is 0 Å². The van der Waals surface area contributed by atoms with Gasteiger partial charge in [-0.3, -0.25) is 9.59 Å². The summed E-state index contributed by atoms with van der Waals surface area (Å²) >= 11 is 0. The number of hydrogen-bond donors (Lipinski definition) is 1. The van der Waals surface area contributed by atoms with Gasteiger partial charge in [0, 0.05) is 18.7 Å². The fourth-order valence-corrected chi connectivity index (χ4v) is 3.83. The number of methoxy groups -OCH3 is 2. The van der Waals surface area contributed by atoms with Gasteiger partial charge in [-0.15, -0.1) is 0 Å². The molecule has 1 N–H and O–H groups in total. The molecule has 0 fully saturated rings. The number of carbonyl (C=O) groups is 2. The molecule has 0 bridgehead atoms. The Hall–Kier alpha value is -3.48. The van der Waals surface area contributed by atoms with E-state index in [1.165, 1.54) is 12.0 Å². The summed E-state index contributed by atoms with van der Waals surface area (Å²) in [6, 6.07) is 10.3. The highest BCUT2D eigenvalue weighted by Gasteiger charge is 2.39. The van der Waals surface area contributed by atoms with Crippen LogP contribution in [0.15, 0.2) is 42.6 Å². The summed E-state index contributed by atoms with van der Waals surface area (Å²) in [7, 11) is 3.15. The molecule has 0 unspecified atom stereocenters. The van der Waals surface area contributed by atoms with Crippen LogP contribution in [0.25, 0.3) is 5.57 Å². The minimum Gasteiger partial charge on any atom is -0.497 e. The highest BCUT2D eigenvalue weighted by Crippen LogP contribution is 2.39. The number of nitrogens with zero attached hydrogens (tertiary/aromatic N) is 1. The van der Waals surface area contributed by atoms with Crippen molar-refractivity contribution in [2.75, 3.05) is 26.1 Å². The van der Waals surface area contributed by atoms with E-state index >= 15 is 0 Å². The number of benzene rings is 2. The molecule has 0 aliphatic carbocycles. The molecule has 2 aromatic carbocycles. The Morgan fingerprint density at radius 3 is 2.52 bits per heavy atom. The number of hydrogen-bond acceptors (Lipinski definition) is 5. The van der Waals surface area contributed by atoms with E-state index in [0.717, 1.165) is 29.7 Å². The van der Waals surface area contributed by atoms with Crippen molar-refractivity contribution in [2.45, 2.75) is 32.2 Å². The second kappa shape index (κ2) is 8.71. The summed E-state index contributed by atoms with van der Waals surface area (Å²) in [6.07, 6.45) is 4.11. The Bertz CT molecular complexity index is 1030. The first kappa shape index (κ1) is 20.8. The molecule has 31 heavy (non-hydrogen) atoms. The Kier molecular flexibility index (Phi) is 5.84. The van der Waals surface area contributed by atoms with Crippen LogP contribution in [0.2, 0.25) is 0 Å². The van der Waals surface area contributed by atoms with Crippen LogP contribution in [0.5, 0.6) is 17.2 Å². The number of carbonyl (C=O) groups excluding carboxylic acids is 2. The number of fused-ring (bicyclic) bond motifs is 2. The highest BCUT2D eigenvalue weighted by atomic mass is 16.5. The van der Waals surface area contributed by atoms with E-state index < -0.39 is 6.04 Å². The Morgan fingerprint density at radius 1 is 1.06 bits per heavy atom. The summed E-state index contributed by atoms with van der Waals surface area (Å²) < 4.78 is 16.5. The first-order valence-corrected chi connectivity index (χ1v) is 10.4. The third-order valence-electron chi connectivity index (χ3n) is 5.59. The largest absolute Gasteiger partial charge is 0.497 e. The van der Waals surface area contributed by atoms with Gasteiger partial charge >= 0.3 is 0 Å². The van der Waals surface area contributed by atoms with Crippen LogP contribution < -0.4 is 19.5 Å². The Balaban J connectivity index is 1.67. The number of ether oxygens (including phenoxy) is 3. The zero-order chi connectivity index (χ0) is 22.0. The molecule has 0 aromatic heterocycles. The van der Waals surface area contributed by atoms with E-state index in [4.69, 9.17) is 14.2 Å². The van der Waals surface area contributed by atoms with Gasteiger partial charge in [0.2, 0.25) is 5.91 Å². The quantitative estimate of drug-likeness (QED) is 0.680. The Labute approximate surface area is 181 Å². The predicted molar refractivity (Wildman–Crippen MR) is 118 cm³/mol. The summed E-state index contributed by atoms with van der Waals surface area (Å²) in [5.41, 5.74) is 2.69. The van der Waals surface area contributed by atoms with E-state index in [0.29, 0.717) is 35.8 Å². The van der Waals surface area contributed by atoms with Gasteiger partial charge in [-0.1, -0.05) is 25.5 Å². The van der Waals surface area contributed by atoms with Crippen molar-refractivity contribution in [1.82, 2.24) is 4.90 Å². The van der Waals surface area contributed by atoms with Crippen LogP contribution in [0, 0.1) is 0 Å². The van der Waals surface area contributed by atoms with Crippen molar-refractivity contribution in [3.05, 3.63) is 53.7 Å². The molecule has 0 radical (unpaired) electrons. The number of unbranched alkanes of at least 4 members (excludes halogenated alkanes) is 1. The number of amides is 2. The molecule has 2 aliphatic rings. The first-order valence-electron chi connectivity index (χ1n) is 10.4. The van der Waals surface area contributed by atoms with Crippen LogP contribution in [0.4, 0.5) is 5.69 Å². The zero-order valence-electron chi connectivity index (χ0n) is 17.9. The minimum absolute atomic E-state index is 0.225. The van der Waals surface area contributed by atoms with Crippen LogP contribution in [-0.4, -0.2) is 43.6 Å². The van der Waals surface area contributed by atoms with E-state index in [-0.39, 0.29) is 11.8 Å². The lowest BCUT2D eigenvalue weighted by molar-refractivity contribution is -0.119. The van der Waals surface area contributed by atoms with Gasteiger partial charge < -0.3 is 24.4 Å². The molecule has 0 saturated carbocycles. The van der Waals surface area contributed by atoms with Gasteiger partial charge in [0.1, 0.15) is 11.8 Å². The lowest BCUT2D eigenvalue weighted by Gasteiger charge is -2.18. The maximum atomic E-state index is 13.4. The fraction of sp³-hybridized carbons (Fsp3) is 0.333. The summed E-state index contributed by atoms with van der Waals surface area (Å²) in [5.74, 6) is 1.26. The van der Waals surface area contributed by atoms with Gasteiger partial charge in [0.15, 0.2) is 11.5 Å². The van der Waals surface area contributed by atoms with Crippen LogP contribution >= 0.6 is 0 Å². The molecule has 2 heterocycles. The molecule has 0 saturated heterocycles. The molecule has 7 nitrogen and oxygen atoms in total. The third kappa shape index (κ3) is 3.95. The lowest BCUT2D eigenvalue weighted by Crippen LogP contribution is -2.38. The molecule has 7 heteroatoms. The number of nitrogens with one attached hydrogen (secondary N) is 1. The zero-order valence-corrected chi connectivity index (χ0v) is 17.9. The fourth-order valence-electron chi connectivity index (χ4n) is 3.83.